The summed E-state index contributed by atoms with van der Waals surface area (Å²) < 4.78 is 0. The number of nitrogens with zero attached hydrogens (tertiary/aromatic N) is 3. The van der Waals surface area contributed by atoms with Crippen molar-refractivity contribution in [3.63, 3.8) is 0 Å². The number of piperidine rings is 1. The van der Waals surface area contributed by atoms with Crippen molar-refractivity contribution in [2.45, 2.75) is 47.5 Å². The van der Waals surface area contributed by atoms with Gasteiger partial charge in [0.25, 0.3) is 0 Å². The number of hydrogen-bond acceptors (Lipinski definition) is 3. The molecule has 0 bridgehead atoms. The molecule has 1 aromatic heterocycles. The Balaban J connectivity index is 0.000000921. The van der Waals surface area contributed by atoms with Crippen molar-refractivity contribution in [1.29, 1.82) is 0 Å². The Kier molecular flexibility index (Phi) is 11.0. The van der Waals surface area contributed by atoms with Gasteiger partial charge in [0.15, 0.2) is 0 Å². The van der Waals surface area contributed by atoms with Gasteiger partial charge in [-0.25, -0.2) is 0 Å². The Hall–Kier alpha value is -1.09. The van der Waals surface area contributed by atoms with Crippen molar-refractivity contribution in [3.05, 3.63) is 24.0 Å². The number of pyridine rings is 1. The van der Waals surface area contributed by atoms with Crippen LogP contribution in [-0.4, -0.2) is 43.6 Å². The van der Waals surface area contributed by atoms with E-state index < -0.39 is 0 Å². The highest BCUT2D eigenvalue weighted by Crippen LogP contribution is 2.22. The van der Waals surface area contributed by atoms with E-state index in [1.54, 1.807) is 0 Å². The Labute approximate surface area is 132 Å². The zero-order chi connectivity index (χ0) is 16.3. The minimum atomic E-state index is 0.792. The van der Waals surface area contributed by atoms with E-state index in [0.717, 1.165) is 11.6 Å². The first-order valence-electron chi connectivity index (χ1n) is 8.47. The van der Waals surface area contributed by atoms with Gasteiger partial charge in [-0.05, 0) is 51.9 Å². The van der Waals surface area contributed by atoms with E-state index in [4.69, 9.17) is 0 Å². The molecule has 0 radical (unpaired) electrons. The maximum atomic E-state index is 4.39. The van der Waals surface area contributed by atoms with Crippen LogP contribution in [0.3, 0.4) is 0 Å². The summed E-state index contributed by atoms with van der Waals surface area (Å²) in [7, 11) is 4.32. The average molecular weight is 293 g/mol. The van der Waals surface area contributed by atoms with Crippen LogP contribution < -0.4 is 4.90 Å². The van der Waals surface area contributed by atoms with Gasteiger partial charge in [-0.3, -0.25) is 4.98 Å². The van der Waals surface area contributed by atoms with Crippen molar-refractivity contribution >= 4 is 5.69 Å². The van der Waals surface area contributed by atoms with Crippen molar-refractivity contribution < 1.29 is 0 Å². The smallest absolute Gasteiger partial charge is 0.0553 e. The monoisotopic (exact) mass is 293 g/mol. The SMILES string of the molecule is CC.CC.Cc1ccc(N2CCCC(CN(C)C)C2)cn1. The molecular formula is C18H35N3. The Morgan fingerprint density at radius 3 is 2.38 bits per heavy atom. The van der Waals surface area contributed by atoms with Crippen LogP contribution >= 0.6 is 0 Å². The largest absolute Gasteiger partial charge is 0.370 e. The third-order valence-corrected chi connectivity index (χ3v) is 3.40. The first-order chi connectivity index (χ1) is 10.1. The lowest BCUT2D eigenvalue weighted by atomic mass is 9.97. The van der Waals surface area contributed by atoms with E-state index in [1.807, 2.05) is 40.8 Å². The standard InChI is InChI=1S/C14H23N3.2C2H6/c1-12-6-7-14(9-15-12)17-8-4-5-13(11-17)10-16(2)3;2*1-2/h6-7,9,13H,4-5,8,10-11H2,1-3H3;2*1-2H3. The molecule has 0 aromatic carbocycles. The van der Waals surface area contributed by atoms with Crippen LogP contribution in [0.1, 0.15) is 46.2 Å². The molecule has 0 amide bonds. The first-order valence-corrected chi connectivity index (χ1v) is 8.47. The Morgan fingerprint density at radius 1 is 1.19 bits per heavy atom. The number of aryl methyl sites for hydroxylation is 1. The van der Waals surface area contributed by atoms with Crippen LogP contribution in [-0.2, 0) is 0 Å². The molecule has 122 valence electrons. The maximum Gasteiger partial charge on any atom is 0.0553 e. The van der Waals surface area contributed by atoms with Crippen LogP contribution in [0, 0.1) is 12.8 Å². The van der Waals surface area contributed by atoms with Crippen molar-refractivity contribution in [2.24, 2.45) is 5.92 Å². The van der Waals surface area contributed by atoms with Gasteiger partial charge in [0.05, 0.1) is 11.9 Å². The highest BCUT2D eigenvalue weighted by Gasteiger charge is 2.20. The summed E-state index contributed by atoms with van der Waals surface area (Å²) in [6.45, 7) is 13.6. The summed E-state index contributed by atoms with van der Waals surface area (Å²) in [6, 6.07) is 4.30. The molecule has 0 saturated carbocycles. The number of anilines is 1. The molecule has 1 atom stereocenters. The fourth-order valence-electron chi connectivity index (χ4n) is 2.61. The van der Waals surface area contributed by atoms with E-state index in [-0.39, 0.29) is 0 Å². The van der Waals surface area contributed by atoms with E-state index in [2.05, 4.69) is 41.0 Å². The third kappa shape index (κ3) is 7.47. The summed E-state index contributed by atoms with van der Waals surface area (Å²) in [5, 5.41) is 0. The third-order valence-electron chi connectivity index (χ3n) is 3.40. The molecule has 0 N–H and O–H groups in total. The minimum absolute atomic E-state index is 0.792. The van der Waals surface area contributed by atoms with Gasteiger partial charge in [-0.15, -0.1) is 0 Å². The van der Waals surface area contributed by atoms with Gasteiger partial charge in [-0.2, -0.15) is 0 Å². The van der Waals surface area contributed by atoms with E-state index >= 15 is 0 Å². The molecule has 2 heterocycles. The highest BCUT2D eigenvalue weighted by atomic mass is 15.2. The Bertz CT molecular complexity index is 346. The predicted molar refractivity (Wildman–Crippen MR) is 95.2 cm³/mol. The van der Waals surface area contributed by atoms with Crippen molar-refractivity contribution in [1.82, 2.24) is 9.88 Å². The molecule has 3 heteroatoms. The molecule has 1 aromatic rings. The zero-order valence-corrected chi connectivity index (χ0v) is 15.2. The second-order valence-electron chi connectivity index (χ2n) is 5.37. The highest BCUT2D eigenvalue weighted by molar-refractivity contribution is 5.44. The molecule has 21 heavy (non-hydrogen) atoms. The van der Waals surface area contributed by atoms with Gasteiger partial charge in [0.2, 0.25) is 0 Å². The minimum Gasteiger partial charge on any atom is -0.370 e. The number of rotatable bonds is 3. The van der Waals surface area contributed by atoms with Crippen molar-refractivity contribution in [2.75, 3.05) is 38.6 Å². The lowest BCUT2D eigenvalue weighted by Gasteiger charge is -2.35. The molecule has 3 nitrogen and oxygen atoms in total. The number of aromatic nitrogens is 1. The van der Waals surface area contributed by atoms with Gasteiger partial charge in [0, 0.05) is 25.3 Å². The zero-order valence-electron chi connectivity index (χ0n) is 15.2. The number of hydrogen-bond donors (Lipinski definition) is 0. The topological polar surface area (TPSA) is 19.4 Å². The molecule has 0 spiro atoms. The summed E-state index contributed by atoms with van der Waals surface area (Å²) >= 11 is 0. The molecule has 1 saturated heterocycles. The second kappa shape index (κ2) is 11.6. The maximum absolute atomic E-state index is 4.39. The first kappa shape index (κ1) is 19.9. The lowest BCUT2D eigenvalue weighted by Crippen LogP contribution is -2.39. The molecule has 1 aliphatic rings. The van der Waals surface area contributed by atoms with Gasteiger partial charge in [0.1, 0.15) is 0 Å². The predicted octanol–water partition coefficient (Wildman–Crippen LogP) is 4.22. The Morgan fingerprint density at radius 2 is 1.86 bits per heavy atom. The summed E-state index contributed by atoms with van der Waals surface area (Å²) in [5.74, 6) is 0.792. The molecular weight excluding hydrogens is 258 g/mol. The lowest BCUT2D eigenvalue weighted by molar-refractivity contribution is 0.292. The van der Waals surface area contributed by atoms with E-state index in [1.165, 1.54) is 38.2 Å². The summed E-state index contributed by atoms with van der Waals surface area (Å²) in [5.41, 5.74) is 2.37. The molecule has 2 rings (SSSR count). The average Bonchev–Trinajstić information content (AvgIpc) is 2.52. The fourth-order valence-corrected chi connectivity index (χ4v) is 2.61. The van der Waals surface area contributed by atoms with Crippen molar-refractivity contribution in [3.8, 4) is 0 Å². The normalized spacial score (nSPS) is 17.5. The van der Waals surface area contributed by atoms with Crippen LogP contribution in [0.25, 0.3) is 0 Å². The van der Waals surface area contributed by atoms with E-state index in [9.17, 15) is 0 Å². The molecule has 0 aliphatic carbocycles. The van der Waals surface area contributed by atoms with Crippen LogP contribution in [0.4, 0.5) is 5.69 Å². The van der Waals surface area contributed by atoms with Crippen LogP contribution in [0.5, 0.6) is 0 Å². The molecule has 1 fully saturated rings. The van der Waals surface area contributed by atoms with Crippen LogP contribution in [0.15, 0.2) is 18.3 Å². The second-order valence-corrected chi connectivity index (χ2v) is 5.37. The van der Waals surface area contributed by atoms with Crippen LogP contribution in [0.2, 0.25) is 0 Å². The molecule has 1 aliphatic heterocycles. The van der Waals surface area contributed by atoms with E-state index in [0.29, 0.717) is 0 Å². The van der Waals surface area contributed by atoms with Gasteiger partial charge in [-0.1, -0.05) is 27.7 Å². The molecule has 1 unspecified atom stereocenters. The van der Waals surface area contributed by atoms with Gasteiger partial charge < -0.3 is 9.80 Å². The van der Waals surface area contributed by atoms with Gasteiger partial charge >= 0.3 is 0 Å². The fraction of sp³-hybridized carbons (Fsp3) is 0.722. The quantitative estimate of drug-likeness (QED) is 0.832. The summed E-state index contributed by atoms with van der Waals surface area (Å²) in [6.07, 6.45) is 4.66. The summed E-state index contributed by atoms with van der Waals surface area (Å²) in [4.78, 5) is 9.16.